The second-order valence-electron chi connectivity index (χ2n) is 8.72. The molecule has 4 aromatic rings. The van der Waals surface area contributed by atoms with Crippen molar-refractivity contribution in [3.8, 4) is 5.69 Å². The lowest BCUT2D eigenvalue weighted by molar-refractivity contribution is -0.137. The monoisotopic (exact) mass is 558 g/mol. The molecule has 0 saturated heterocycles. The van der Waals surface area contributed by atoms with Crippen LogP contribution in [0.2, 0.25) is 5.02 Å². The lowest BCUT2D eigenvalue weighted by Gasteiger charge is -2.32. The summed E-state index contributed by atoms with van der Waals surface area (Å²) in [5.41, 5.74) is -0.286. The number of fused-ring (bicyclic) bond motifs is 1. The first-order valence-corrected chi connectivity index (χ1v) is 12.5. The number of rotatable bonds is 8. The van der Waals surface area contributed by atoms with E-state index in [-0.39, 0.29) is 24.4 Å². The number of halogens is 4. The fraction of sp³-hybridized carbons (Fsp3) is 0.250. The minimum Gasteiger partial charge on any atom is -0.383 e. The average molecular weight is 559 g/mol. The number of benzene rings is 3. The average Bonchev–Trinajstić information content (AvgIpc) is 2.91. The van der Waals surface area contributed by atoms with Gasteiger partial charge in [0, 0.05) is 24.4 Å². The van der Waals surface area contributed by atoms with Crippen molar-refractivity contribution in [2.45, 2.75) is 25.6 Å². The van der Waals surface area contributed by atoms with Crippen LogP contribution in [-0.2, 0) is 10.9 Å². The summed E-state index contributed by atoms with van der Waals surface area (Å²) in [6.45, 7) is 2.06. The minimum atomic E-state index is -4.56. The Morgan fingerprint density at radius 3 is 2.49 bits per heavy atom. The van der Waals surface area contributed by atoms with Crippen LogP contribution in [-0.4, -0.2) is 40.7 Å². The van der Waals surface area contributed by atoms with Gasteiger partial charge in [0.05, 0.1) is 34.8 Å². The maximum atomic E-state index is 13.7. The van der Waals surface area contributed by atoms with E-state index in [0.717, 1.165) is 12.1 Å². The molecule has 7 nitrogen and oxygen atoms in total. The summed E-state index contributed by atoms with van der Waals surface area (Å²) in [6, 6.07) is 16.5. The van der Waals surface area contributed by atoms with Gasteiger partial charge in [-0.2, -0.15) is 13.2 Å². The molecule has 1 aromatic heterocycles. The summed E-state index contributed by atoms with van der Waals surface area (Å²) in [6.07, 6.45) is -4.22. The lowest BCUT2D eigenvalue weighted by atomic mass is 10.1. The molecule has 11 heteroatoms. The zero-order valence-electron chi connectivity index (χ0n) is 21.2. The van der Waals surface area contributed by atoms with Gasteiger partial charge in [0.1, 0.15) is 5.82 Å². The van der Waals surface area contributed by atoms with Gasteiger partial charge in [0.15, 0.2) is 0 Å². The van der Waals surface area contributed by atoms with Crippen LogP contribution in [0, 0.1) is 0 Å². The van der Waals surface area contributed by atoms with Crippen molar-refractivity contribution in [1.29, 1.82) is 0 Å². The summed E-state index contributed by atoms with van der Waals surface area (Å²) < 4.78 is 46.4. The highest BCUT2D eigenvalue weighted by atomic mass is 35.5. The molecule has 0 radical (unpaired) electrons. The number of nitrogens with zero attached hydrogens (tertiary/aromatic N) is 3. The molecule has 1 atom stereocenters. The minimum absolute atomic E-state index is 0.0198. The van der Waals surface area contributed by atoms with E-state index in [9.17, 15) is 22.8 Å². The molecule has 204 valence electrons. The number of ether oxygens (including phenoxy) is 1. The highest BCUT2D eigenvalue weighted by molar-refractivity contribution is 6.30. The van der Waals surface area contributed by atoms with Gasteiger partial charge in [-0.15, -0.1) is 0 Å². The number of amides is 2. The van der Waals surface area contributed by atoms with Crippen LogP contribution in [0.15, 0.2) is 77.6 Å². The fourth-order valence-electron chi connectivity index (χ4n) is 4.31. The summed E-state index contributed by atoms with van der Waals surface area (Å²) in [7, 11) is 1.47. The van der Waals surface area contributed by atoms with Gasteiger partial charge in [-0.1, -0.05) is 36.7 Å². The number of hydrogen-bond donors (Lipinski definition) is 1. The van der Waals surface area contributed by atoms with Crippen molar-refractivity contribution in [1.82, 2.24) is 14.5 Å². The molecule has 2 amide bonds. The van der Waals surface area contributed by atoms with Crippen LogP contribution in [0.25, 0.3) is 16.6 Å². The molecule has 0 fully saturated rings. The van der Waals surface area contributed by atoms with Gasteiger partial charge in [0.2, 0.25) is 0 Å². The van der Waals surface area contributed by atoms with Gasteiger partial charge < -0.3 is 15.0 Å². The van der Waals surface area contributed by atoms with Gasteiger partial charge in [-0.25, -0.2) is 9.78 Å². The number of hydrogen-bond acceptors (Lipinski definition) is 4. The summed E-state index contributed by atoms with van der Waals surface area (Å²) in [5.74, 6) is 0.291. The molecule has 1 heterocycles. The van der Waals surface area contributed by atoms with Crippen molar-refractivity contribution in [2.75, 3.05) is 25.6 Å². The summed E-state index contributed by atoms with van der Waals surface area (Å²) in [5, 5.41) is 3.44. The number of carbonyl (C=O) groups excluding carboxylic acids is 1. The third-order valence-electron chi connectivity index (χ3n) is 6.19. The molecular formula is C28H26ClF3N4O3. The molecule has 4 rings (SSSR count). The predicted octanol–water partition coefficient (Wildman–Crippen LogP) is 6.69. The maximum Gasteiger partial charge on any atom is 0.416 e. The van der Waals surface area contributed by atoms with Crippen LogP contribution >= 0.6 is 11.6 Å². The van der Waals surface area contributed by atoms with E-state index >= 15 is 0 Å². The number of carbonyl (C=O) groups is 1. The molecular weight excluding hydrogens is 533 g/mol. The highest BCUT2D eigenvalue weighted by Crippen LogP contribution is 2.31. The molecule has 0 aliphatic heterocycles. The predicted molar refractivity (Wildman–Crippen MR) is 144 cm³/mol. The normalized spacial score (nSPS) is 12.4. The number of para-hydroxylation sites is 1. The van der Waals surface area contributed by atoms with Crippen molar-refractivity contribution in [2.24, 2.45) is 0 Å². The van der Waals surface area contributed by atoms with Gasteiger partial charge in [-0.05, 0) is 61.0 Å². The Morgan fingerprint density at radius 1 is 1.10 bits per heavy atom. The third kappa shape index (κ3) is 6.23. The number of nitrogens with one attached hydrogen (secondary N) is 1. The zero-order valence-corrected chi connectivity index (χ0v) is 22.0. The first-order valence-electron chi connectivity index (χ1n) is 12.2. The number of aromatic nitrogens is 2. The van der Waals surface area contributed by atoms with E-state index in [1.165, 1.54) is 28.7 Å². The highest BCUT2D eigenvalue weighted by Gasteiger charge is 2.32. The zero-order chi connectivity index (χ0) is 28.2. The van der Waals surface area contributed by atoms with E-state index < -0.39 is 23.8 Å². The SMILES string of the molecule is CCC(c1nc2ccccc2c(=O)n1-c1ccc(Cl)cc1)N(CCOC)C(=O)Nc1cccc(C(F)(F)F)c1. The van der Waals surface area contributed by atoms with Crippen LogP contribution in [0.1, 0.15) is 30.8 Å². The number of alkyl halides is 3. The second-order valence-corrected chi connectivity index (χ2v) is 9.16. The van der Waals surface area contributed by atoms with Crippen molar-refractivity contribution in [3.63, 3.8) is 0 Å². The van der Waals surface area contributed by atoms with Crippen LogP contribution in [0.4, 0.5) is 23.7 Å². The van der Waals surface area contributed by atoms with Crippen LogP contribution in [0.5, 0.6) is 0 Å². The number of urea groups is 1. The molecule has 0 aliphatic rings. The summed E-state index contributed by atoms with van der Waals surface area (Å²) >= 11 is 6.08. The second kappa shape index (κ2) is 11.9. The Morgan fingerprint density at radius 2 is 1.82 bits per heavy atom. The van der Waals surface area contributed by atoms with E-state index in [4.69, 9.17) is 21.3 Å². The molecule has 0 aliphatic carbocycles. The topological polar surface area (TPSA) is 76.5 Å². The Balaban J connectivity index is 1.83. The Kier molecular flexibility index (Phi) is 8.57. The molecule has 1 unspecified atom stereocenters. The lowest BCUT2D eigenvalue weighted by Crippen LogP contribution is -2.42. The maximum absolute atomic E-state index is 13.7. The number of anilines is 1. The quantitative estimate of drug-likeness (QED) is 0.261. The molecule has 3 aromatic carbocycles. The van der Waals surface area contributed by atoms with E-state index in [2.05, 4.69) is 5.32 Å². The van der Waals surface area contributed by atoms with Gasteiger partial charge in [-0.3, -0.25) is 9.36 Å². The molecule has 1 N–H and O–H groups in total. The van der Waals surface area contributed by atoms with Crippen LogP contribution in [0.3, 0.4) is 0 Å². The van der Waals surface area contributed by atoms with E-state index in [1.807, 2.05) is 6.92 Å². The van der Waals surface area contributed by atoms with Gasteiger partial charge in [0.25, 0.3) is 5.56 Å². The van der Waals surface area contributed by atoms with Gasteiger partial charge >= 0.3 is 12.2 Å². The van der Waals surface area contributed by atoms with Crippen molar-refractivity contribution >= 4 is 34.2 Å². The smallest absolute Gasteiger partial charge is 0.383 e. The Hall–Kier alpha value is -3.89. The molecule has 39 heavy (non-hydrogen) atoms. The Bertz CT molecular complexity index is 1520. The first kappa shape index (κ1) is 28.1. The fourth-order valence-corrected chi connectivity index (χ4v) is 4.44. The van der Waals surface area contributed by atoms with Crippen molar-refractivity contribution < 1.29 is 22.7 Å². The summed E-state index contributed by atoms with van der Waals surface area (Å²) in [4.78, 5) is 33.5. The van der Waals surface area contributed by atoms with Crippen LogP contribution < -0.4 is 10.9 Å². The Labute approximate surface area is 227 Å². The molecule has 0 bridgehead atoms. The standard InChI is InChI=1S/C28H26ClF3N4O3/c1-3-24(35(15-16-39-2)27(38)33-20-8-6-7-18(17-20)28(30,31)32)25-34-23-10-5-4-9-22(23)26(37)36(25)21-13-11-19(29)12-14-21/h4-14,17,24H,3,15-16H2,1-2H3,(H,33,38). The van der Waals surface area contributed by atoms with E-state index in [1.54, 1.807) is 48.5 Å². The van der Waals surface area contributed by atoms with E-state index in [0.29, 0.717) is 33.9 Å². The number of methoxy groups -OCH3 is 1. The van der Waals surface area contributed by atoms with Crippen molar-refractivity contribution in [3.05, 3.63) is 99.6 Å². The largest absolute Gasteiger partial charge is 0.416 e. The molecule has 0 spiro atoms. The molecule has 0 saturated carbocycles. The first-order chi connectivity index (χ1) is 18.6. The third-order valence-corrected chi connectivity index (χ3v) is 6.44.